The molecule has 8 heteroatoms. The molecule has 1 aliphatic heterocycles. The van der Waals surface area contributed by atoms with Crippen LogP contribution in [0, 0.1) is 5.82 Å². The quantitative estimate of drug-likeness (QED) is 0.570. The molecule has 0 saturated heterocycles. The number of hydrogen-bond acceptors (Lipinski definition) is 4. The predicted molar refractivity (Wildman–Crippen MR) is 113 cm³/mol. The molecule has 2 aromatic carbocycles. The molecule has 1 aliphatic rings. The summed E-state index contributed by atoms with van der Waals surface area (Å²) in [7, 11) is 0. The molecular formula is C22H14Cl2FN3O2. The second-order valence-electron chi connectivity index (χ2n) is 6.56. The number of carbonyl (C=O) groups excluding carboxylic acids is 2. The molecule has 0 unspecified atom stereocenters. The number of nitrogens with one attached hydrogen (secondary N) is 1. The van der Waals surface area contributed by atoms with Gasteiger partial charge in [0.05, 0.1) is 17.1 Å². The molecule has 0 bridgehead atoms. The first-order valence-electron chi connectivity index (χ1n) is 8.91. The van der Waals surface area contributed by atoms with Crippen molar-refractivity contribution in [3.8, 4) is 0 Å². The second kappa shape index (κ2) is 8.26. The van der Waals surface area contributed by atoms with Crippen molar-refractivity contribution in [2.24, 2.45) is 0 Å². The Kier molecular flexibility index (Phi) is 5.53. The van der Waals surface area contributed by atoms with Crippen molar-refractivity contribution in [2.75, 3.05) is 5.32 Å². The van der Waals surface area contributed by atoms with Crippen molar-refractivity contribution in [1.82, 2.24) is 9.88 Å². The molecule has 30 heavy (non-hydrogen) atoms. The van der Waals surface area contributed by atoms with Crippen molar-refractivity contribution in [3.63, 3.8) is 0 Å². The number of rotatable bonds is 5. The number of halogens is 3. The van der Waals surface area contributed by atoms with Gasteiger partial charge < -0.3 is 5.32 Å². The summed E-state index contributed by atoms with van der Waals surface area (Å²) < 4.78 is 13.3. The van der Waals surface area contributed by atoms with Gasteiger partial charge >= 0.3 is 0 Å². The van der Waals surface area contributed by atoms with Gasteiger partial charge in [0.1, 0.15) is 11.5 Å². The zero-order chi connectivity index (χ0) is 21.3. The van der Waals surface area contributed by atoms with Crippen LogP contribution in [0.15, 0.2) is 72.7 Å². The van der Waals surface area contributed by atoms with Crippen molar-refractivity contribution in [1.29, 1.82) is 0 Å². The topological polar surface area (TPSA) is 62.3 Å². The van der Waals surface area contributed by atoms with Crippen molar-refractivity contribution >= 4 is 46.3 Å². The zero-order valence-corrected chi connectivity index (χ0v) is 16.9. The molecule has 0 radical (unpaired) electrons. The Bertz CT molecular complexity index is 1160. The van der Waals surface area contributed by atoms with Gasteiger partial charge in [-0.05, 0) is 54.1 Å². The molecule has 2 amide bonds. The Morgan fingerprint density at radius 3 is 2.30 bits per heavy atom. The smallest absolute Gasteiger partial charge is 0.278 e. The van der Waals surface area contributed by atoms with Gasteiger partial charge in [0.25, 0.3) is 11.8 Å². The third-order valence-electron chi connectivity index (χ3n) is 4.57. The van der Waals surface area contributed by atoms with Crippen LogP contribution in [0.5, 0.6) is 0 Å². The van der Waals surface area contributed by atoms with Crippen LogP contribution >= 0.6 is 23.2 Å². The van der Waals surface area contributed by atoms with E-state index in [-0.39, 0.29) is 22.8 Å². The lowest BCUT2D eigenvalue weighted by molar-refractivity contribution is -0.137. The molecule has 2 heterocycles. The third-order valence-corrected chi connectivity index (χ3v) is 5.12. The largest absolute Gasteiger partial charge is 0.350 e. The Labute approximate surface area is 181 Å². The fourth-order valence-electron chi connectivity index (χ4n) is 3.13. The molecule has 0 aliphatic carbocycles. The van der Waals surface area contributed by atoms with Gasteiger partial charge in [0, 0.05) is 28.7 Å². The summed E-state index contributed by atoms with van der Waals surface area (Å²) in [5.41, 5.74) is 1.77. The maximum atomic E-state index is 13.3. The number of nitrogens with zero attached hydrogens (tertiary/aromatic N) is 2. The van der Waals surface area contributed by atoms with E-state index in [0.717, 1.165) is 10.5 Å². The van der Waals surface area contributed by atoms with Gasteiger partial charge in [-0.2, -0.15) is 0 Å². The van der Waals surface area contributed by atoms with E-state index in [1.54, 1.807) is 36.7 Å². The van der Waals surface area contributed by atoms with Gasteiger partial charge in [0.15, 0.2) is 0 Å². The zero-order valence-electron chi connectivity index (χ0n) is 15.4. The average Bonchev–Trinajstić information content (AvgIpc) is 2.95. The van der Waals surface area contributed by atoms with Crippen LogP contribution in [0.3, 0.4) is 0 Å². The standard InChI is InChI=1S/C22H14Cl2FN3O2/c23-14-1-6-17(18(24)11-14)19-20(27-16-4-2-15(25)3-5-16)22(30)28(21(19)29)12-13-7-9-26-10-8-13/h1-11,27H,12H2. The normalized spacial score (nSPS) is 13.9. The Balaban J connectivity index is 1.78. The van der Waals surface area contributed by atoms with Crippen molar-refractivity contribution < 1.29 is 14.0 Å². The van der Waals surface area contributed by atoms with E-state index in [0.29, 0.717) is 16.3 Å². The van der Waals surface area contributed by atoms with E-state index in [4.69, 9.17) is 23.2 Å². The first kappa shape index (κ1) is 20.1. The molecule has 3 aromatic rings. The Hall–Kier alpha value is -3.22. The number of hydrogen-bond donors (Lipinski definition) is 1. The maximum Gasteiger partial charge on any atom is 0.278 e. The second-order valence-corrected chi connectivity index (χ2v) is 7.40. The average molecular weight is 442 g/mol. The first-order chi connectivity index (χ1) is 14.4. The van der Waals surface area contributed by atoms with Crippen LogP contribution in [0.2, 0.25) is 10.0 Å². The lowest BCUT2D eigenvalue weighted by Crippen LogP contribution is -2.32. The van der Waals surface area contributed by atoms with E-state index in [1.165, 1.54) is 30.3 Å². The summed E-state index contributed by atoms with van der Waals surface area (Å²) >= 11 is 12.3. The highest BCUT2D eigenvalue weighted by atomic mass is 35.5. The summed E-state index contributed by atoms with van der Waals surface area (Å²) in [5, 5.41) is 3.60. The van der Waals surface area contributed by atoms with E-state index in [1.807, 2.05) is 0 Å². The van der Waals surface area contributed by atoms with Gasteiger partial charge in [-0.1, -0.05) is 29.3 Å². The molecule has 1 N–H and O–H groups in total. The highest BCUT2D eigenvalue weighted by molar-refractivity contribution is 6.41. The van der Waals surface area contributed by atoms with Crippen molar-refractivity contribution in [2.45, 2.75) is 6.54 Å². The lowest BCUT2D eigenvalue weighted by Gasteiger charge is -2.15. The number of benzene rings is 2. The molecule has 0 fully saturated rings. The number of carbonyl (C=O) groups is 2. The molecule has 1 aromatic heterocycles. The van der Waals surface area contributed by atoms with Crippen LogP contribution in [0.1, 0.15) is 11.1 Å². The highest BCUT2D eigenvalue weighted by Gasteiger charge is 2.40. The van der Waals surface area contributed by atoms with Crippen LogP contribution in [-0.4, -0.2) is 21.7 Å². The van der Waals surface area contributed by atoms with Gasteiger partial charge in [0.2, 0.25) is 0 Å². The molecular weight excluding hydrogens is 428 g/mol. The van der Waals surface area contributed by atoms with Crippen LogP contribution in [0.25, 0.3) is 5.57 Å². The number of amides is 2. The number of pyridine rings is 1. The van der Waals surface area contributed by atoms with Gasteiger partial charge in [-0.25, -0.2) is 4.39 Å². The fourth-order valence-corrected chi connectivity index (χ4v) is 3.63. The molecule has 150 valence electrons. The summed E-state index contributed by atoms with van der Waals surface area (Å²) in [5.74, 6) is -1.42. The monoisotopic (exact) mass is 441 g/mol. The lowest BCUT2D eigenvalue weighted by atomic mass is 10.0. The maximum absolute atomic E-state index is 13.3. The number of aromatic nitrogens is 1. The first-order valence-corrected chi connectivity index (χ1v) is 9.67. The van der Waals surface area contributed by atoms with E-state index >= 15 is 0 Å². The molecule has 5 nitrogen and oxygen atoms in total. The minimum Gasteiger partial charge on any atom is -0.350 e. The van der Waals surface area contributed by atoms with Crippen LogP contribution in [-0.2, 0) is 16.1 Å². The van der Waals surface area contributed by atoms with E-state index in [9.17, 15) is 14.0 Å². The molecule has 0 spiro atoms. The minimum atomic E-state index is -0.512. The molecule has 0 atom stereocenters. The van der Waals surface area contributed by atoms with Gasteiger partial charge in [-0.3, -0.25) is 19.5 Å². The summed E-state index contributed by atoms with van der Waals surface area (Å²) in [6.07, 6.45) is 3.17. The fraction of sp³-hybridized carbons (Fsp3) is 0.0455. The van der Waals surface area contributed by atoms with Gasteiger partial charge in [-0.15, -0.1) is 0 Å². The molecule has 4 rings (SSSR count). The Morgan fingerprint density at radius 1 is 0.933 bits per heavy atom. The van der Waals surface area contributed by atoms with Crippen molar-refractivity contribution in [3.05, 3.63) is 99.7 Å². The van der Waals surface area contributed by atoms with E-state index in [2.05, 4.69) is 10.3 Å². The Morgan fingerprint density at radius 2 is 1.63 bits per heavy atom. The SMILES string of the molecule is O=C1C(Nc2ccc(F)cc2)=C(c2ccc(Cl)cc2Cl)C(=O)N1Cc1ccncc1. The molecule has 0 saturated carbocycles. The summed E-state index contributed by atoms with van der Waals surface area (Å²) in [6, 6.07) is 13.6. The summed E-state index contributed by atoms with van der Waals surface area (Å²) in [4.78, 5) is 31.5. The summed E-state index contributed by atoms with van der Waals surface area (Å²) in [6.45, 7) is 0.0729. The highest BCUT2D eigenvalue weighted by Crippen LogP contribution is 2.36. The van der Waals surface area contributed by atoms with Crippen LogP contribution < -0.4 is 5.32 Å². The van der Waals surface area contributed by atoms with Crippen LogP contribution in [0.4, 0.5) is 10.1 Å². The minimum absolute atomic E-state index is 0.0601. The predicted octanol–water partition coefficient (Wildman–Crippen LogP) is 4.92. The third kappa shape index (κ3) is 3.92. The number of imide groups is 1. The van der Waals surface area contributed by atoms with E-state index < -0.39 is 17.6 Å². The number of anilines is 1.